The molecular formula is C7H15NO. The Labute approximate surface area is 56.4 Å². The minimum atomic E-state index is -0.0978. The van der Waals surface area contributed by atoms with E-state index >= 15 is 0 Å². The zero-order chi connectivity index (χ0) is 7.07. The van der Waals surface area contributed by atoms with Crippen molar-refractivity contribution >= 4 is 0 Å². The lowest BCUT2D eigenvalue weighted by atomic mass is 9.95. The molecule has 0 unspecified atom stereocenters. The summed E-state index contributed by atoms with van der Waals surface area (Å²) < 4.78 is 5.45. The highest BCUT2D eigenvalue weighted by atomic mass is 16.5. The van der Waals surface area contributed by atoms with E-state index in [9.17, 15) is 0 Å². The van der Waals surface area contributed by atoms with Crippen molar-refractivity contribution in [3.8, 4) is 0 Å². The van der Waals surface area contributed by atoms with E-state index in [4.69, 9.17) is 10.5 Å². The first-order chi connectivity index (χ1) is 4.02. The van der Waals surface area contributed by atoms with Crippen LogP contribution in [-0.4, -0.2) is 17.7 Å². The molecule has 1 saturated heterocycles. The molecule has 0 spiro atoms. The molecule has 1 fully saturated rings. The van der Waals surface area contributed by atoms with Crippen molar-refractivity contribution in [3.63, 3.8) is 0 Å². The van der Waals surface area contributed by atoms with Crippen LogP contribution >= 0.6 is 0 Å². The number of hydrogen-bond acceptors (Lipinski definition) is 2. The lowest BCUT2D eigenvalue weighted by molar-refractivity contribution is 0.0530. The van der Waals surface area contributed by atoms with Gasteiger partial charge in [-0.1, -0.05) is 0 Å². The molecule has 2 nitrogen and oxygen atoms in total. The molecule has 2 heteroatoms. The summed E-state index contributed by atoms with van der Waals surface area (Å²) in [6, 6.07) is 0. The second kappa shape index (κ2) is 1.96. The Morgan fingerprint density at radius 3 is 2.22 bits per heavy atom. The van der Waals surface area contributed by atoms with E-state index in [1.807, 2.05) is 13.8 Å². The fourth-order valence-corrected chi connectivity index (χ4v) is 1.34. The predicted octanol–water partition coefficient (Wildman–Crippen LogP) is 0.901. The van der Waals surface area contributed by atoms with Crippen LogP contribution in [0.2, 0.25) is 0 Å². The van der Waals surface area contributed by atoms with Gasteiger partial charge < -0.3 is 10.5 Å². The lowest BCUT2D eigenvalue weighted by Gasteiger charge is -2.20. The van der Waals surface area contributed by atoms with E-state index in [1.165, 1.54) is 0 Å². The van der Waals surface area contributed by atoms with Crippen molar-refractivity contribution in [2.75, 3.05) is 0 Å². The Morgan fingerprint density at radius 1 is 1.56 bits per heavy atom. The molecule has 0 radical (unpaired) electrons. The third-order valence-corrected chi connectivity index (χ3v) is 2.09. The molecule has 54 valence electrons. The molecule has 1 aliphatic rings. The average molecular weight is 129 g/mol. The Bertz CT molecular complexity index is 111. The zero-order valence-corrected chi connectivity index (χ0v) is 6.35. The summed E-state index contributed by atoms with van der Waals surface area (Å²) in [7, 11) is 0. The Balaban J connectivity index is 2.58. The van der Waals surface area contributed by atoms with Crippen LogP contribution in [0, 0.1) is 0 Å². The molecule has 0 saturated carbocycles. The third-order valence-electron chi connectivity index (χ3n) is 2.09. The Morgan fingerprint density at radius 2 is 2.11 bits per heavy atom. The molecule has 0 aromatic carbocycles. The molecule has 0 aromatic heterocycles. The van der Waals surface area contributed by atoms with Gasteiger partial charge in [0.2, 0.25) is 0 Å². The van der Waals surface area contributed by atoms with Gasteiger partial charge in [0.15, 0.2) is 0 Å². The van der Waals surface area contributed by atoms with Gasteiger partial charge in [-0.15, -0.1) is 0 Å². The van der Waals surface area contributed by atoms with Crippen molar-refractivity contribution in [2.45, 2.75) is 44.9 Å². The van der Waals surface area contributed by atoms with Gasteiger partial charge in [0, 0.05) is 5.54 Å². The molecule has 1 aliphatic heterocycles. The maximum Gasteiger partial charge on any atom is 0.0728 e. The van der Waals surface area contributed by atoms with Crippen LogP contribution < -0.4 is 5.73 Å². The maximum atomic E-state index is 5.89. The predicted molar refractivity (Wildman–Crippen MR) is 37.2 cm³/mol. The first-order valence-electron chi connectivity index (χ1n) is 3.47. The number of hydrogen-bond donors (Lipinski definition) is 1. The lowest BCUT2D eigenvalue weighted by Crippen LogP contribution is -2.42. The quantitative estimate of drug-likeness (QED) is 0.527. The van der Waals surface area contributed by atoms with Crippen molar-refractivity contribution in [3.05, 3.63) is 0 Å². The van der Waals surface area contributed by atoms with Crippen molar-refractivity contribution in [2.24, 2.45) is 5.73 Å². The van der Waals surface area contributed by atoms with Crippen molar-refractivity contribution in [1.82, 2.24) is 0 Å². The van der Waals surface area contributed by atoms with Gasteiger partial charge in [0.25, 0.3) is 0 Å². The minimum absolute atomic E-state index is 0.0978. The third kappa shape index (κ3) is 1.25. The summed E-state index contributed by atoms with van der Waals surface area (Å²) in [6.45, 7) is 6.14. The summed E-state index contributed by atoms with van der Waals surface area (Å²) in [5.41, 5.74) is 5.79. The fraction of sp³-hybridized carbons (Fsp3) is 1.00. The van der Waals surface area contributed by atoms with E-state index in [0.29, 0.717) is 6.10 Å². The van der Waals surface area contributed by atoms with Gasteiger partial charge in [-0.2, -0.15) is 0 Å². The van der Waals surface area contributed by atoms with E-state index in [1.54, 1.807) is 0 Å². The van der Waals surface area contributed by atoms with Gasteiger partial charge in [0.05, 0.1) is 12.2 Å². The summed E-state index contributed by atoms with van der Waals surface area (Å²) in [5.74, 6) is 0. The van der Waals surface area contributed by atoms with Gasteiger partial charge >= 0.3 is 0 Å². The van der Waals surface area contributed by atoms with E-state index in [-0.39, 0.29) is 11.6 Å². The molecule has 0 aromatic rings. The van der Waals surface area contributed by atoms with Crippen LogP contribution in [-0.2, 0) is 4.74 Å². The maximum absolute atomic E-state index is 5.89. The number of rotatable bonds is 0. The summed E-state index contributed by atoms with van der Waals surface area (Å²) in [4.78, 5) is 0. The van der Waals surface area contributed by atoms with Crippen LogP contribution in [0.5, 0.6) is 0 Å². The highest BCUT2D eigenvalue weighted by Crippen LogP contribution is 2.26. The fourth-order valence-electron chi connectivity index (χ4n) is 1.34. The van der Waals surface area contributed by atoms with E-state index in [0.717, 1.165) is 6.42 Å². The van der Waals surface area contributed by atoms with Crippen LogP contribution in [0.25, 0.3) is 0 Å². The molecular weight excluding hydrogens is 114 g/mol. The first-order valence-corrected chi connectivity index (χ1v) is 3.47. The molecule has 1 rings (SSSR count). The van der Waals surface area contributed by atoms with Gasteiger partial charge in [-0.3, -0.25) is 0 Å². The topological polar surface area (TPSA) is 35.2 Å². The molecule has 2 N–H and O–H groups in total. The molecule has 0 amide bonds. The first kappa shape index (κ1) is 7.03. The molecule has 1 heterocycles. The Hall–Kier alpha value is -0.0800. The number of ether oxygens (including phenoxy) is 1. The summed E-state index contributed by atoms with van der Waals surface area (Å²) in [6.07, 6.45) is 1.54. The minimum Gasteiger partial charge on any atom is -0.374 e. The second-order valence-electron chi connectivity index (χ2n) is 3.30. The SMILES string of the molecule is C[C@@H]1C[C@@](C)(N)[C@H](C)O1. The van der Waals surface area contributed by atoms with Crippen LogP contribution in [0.15, 0.2) is 0 Å². The second-order valence-corrected chi connectivity index (χ2v) is 3.30. The largest absolute Gasteiger partial charge is 0.374 e. The van der Waals surface area contributed by atoms with E-state index < -0.39 is 0 Å². The molecule has 0 bridgehead atoms. The molecule has 9 heavy (non-hydrogen) atoms. The van der Waals surface area contributed by atoms with Gasteiger partial charge in [0.1, 0.15) is 0 Å². The summed E-state index contributed by atoms with van der Waals surface area (Å²) >= 11 is 0. The van der Waals surface area contributed by atoms with Crippen molar-refractivity contribution in [1.29, 1.82) is 0 Å². The standard InChI is InChI=1S/C7H15NO/c1-5-4-7(3,8)6(2)9-5/h5-6H,4,8H2,1-3H3/t5-,6+,7-/m1/s1. The van der Waals surface area contributed by atoms with Crippen LogP contribution in [0.1, 0.15) is 27.2 Å². The molecule has 0 aliphatic carbocycles. The monoisotopic (exact) mass is 129 g/mol. The number of nitrogens with two attached hydrogens (primary N) is 1. The van der Waals surface area contributed by atoms with Crippen molar-refractivity contribution < 1.29 is 4.74 Å². The summed E-state index contributed by atoms with van der Waals surface area (Å²) in [5, 5.41) is 0. The smallest absolute Gasteiger partial charge is 0.0728 e. The highest BCUT2D eigenvalue weighted by Gasteiger charge is 2.36. The highest BCUT2D eigenvalue weighted by molar-refractivity contribution is 4.92. The van der Waals surface area contributed by atoms with Gasteiger partial charge in [-0.25, -0.2) is 0 Å². The average Bonchev–Trinajstić information content (AvgIpc) is 1.79. The van der Waals surface area contributed by atoms with Crippen LogP contribution in [0.4, 0.5) is 0 Å². The molecule has 3 atom stereocenters. The van der Waals surface area contributed by atoms with E-state index in [2.05, 4.69) is 6.92 Å². The van der Waals surface area contributed by atoms with Gasteiger partial charge in [-0.05, 0) is 27.2 Å². The Kier molecular flexibility index (Phi) is 1.53. The van der Waals surface area contributed by atoms with Crippen LogP contribution in [0.3, 0.4) is 0 Å². The normalized spacial score (nSPS) is 52.0. The zero-order valence-electron chi connectivity index (χ0n) is 6.35.